The van der Waals surface area contributed by atoms with E-state index in [9.17, 15) is 19.5 Å². The number of allylic oxidation sites excluding steroid dienone is 2. The van der Waals surface area contributed by atoms with Crippen molar-refractivity contribution in [1.82, 2.24) is 10.6 Å². The number of epoxide rings is 1. The third-order valence-corrected chi connectivity index (χ3v) is 6.34. The first-order valence-corrected chi connectivity index (χ1v) is 11.2. The molecule has 0 saturated carbocycles. The van der Waals surface area contributed by atoms with E-state index in [-0.39, 0.29) is 30.6 Å². The lowest BCUT2D eigenvalue weighted by Crippen LogP contribution is -2.49. The van der Waals surface area contributed by atoms with E-state index >= 15 is 0 Å². The van der Waals surface area contributed by atoms with Gasteiger partial charge in [-0.2, -0.15) is 0 Å². The van der Waals surface area contributed by atoms with Crippen molar-refractivity contribution >= 4 is 17.8 Å². The number of unbranched alkanes of at least 4 members (excludes halogenated alkanes) is 3. The monoisotopic (exact) mass is 431 g/mol. The Hall–Kier alpha value is -2.45. The van der Waals surface area contributed by atoms with Crippen molar-refractivity contribution in [3.63, 3.8) is 0 Å². The summed E-state index contributed by atoms with van der Waals surface area (Å²) in [4.78, 5) is 34.2. The molecular weight excluding hydrogens is 398 g/mol. The van der Waals surface area contributed by atoms with Crippen molar-refractivity contribution < 1.29 is 24.2 Å². The Balaban J connectivity index is 1.55. The number of hydrogen-bond donors (Lipinski definition) is 4. The van der Waals surface area contributed by atoms with Crippen LogP contribution in [0.1, 0.15) is 51.9 Å². The number of primary amides is 1. The van der Waals surface area contributed by atoms with Gasteiger partial charge in [0.25, 0.3) is 0 Å². The number of carboxylic acids is 1. The SMILES string of the molecule is CCCCCCC1CNC2C=C/C(=C/C=C/C(=O)N[C@@H](CCC(N)=O)C(=O)O)C23OC13. The van der Waals surface area contributed by atoms with Gasteiger partial charge in [0.2, 0.25) is 11.8 Å². The molecule has 0 aromatic rings. The molecule has 1 spiro atoms. The average molecular weight is 432 g/mol. The number of hydrogen-bond acceptors (Lipinski definition) is 5. The molecule has 0 bridgehead atoms. The molecule has 8 nitrogen and oxygen atoms in total. The zero-order chi connectivity index (χ0) is 22.4. The summed E-state index contributed by atoms with van der Waals surface area (Å²) in [6.45, 7) is 3.17. The standard InChI is InChI=1S/C23H33N3O5/c1-2-3-4-5-7-15-14-25-18-12-10-16(23(18)21(15)31-23)8-6-9-20(28)26-17(22(29)30)11-13-19(24)27/h6,8-10,12,15,17-18,21,25H,2-5,7,11,13-14H2,1H3,(H2,24,27)(H,26,28)(H,29,30)/b9-6+,16-8-/t15?,17-,18?,21?,23?/m0/s1. The number of carbonyl (C=O) groups excluding carboxylic acids is 2. The van der Waals surface area contributed by atoms with Gasteiger partial charge in [-0.3, -0.25) is 9.59 Å². The average Bonchev–Trinajstić information content (AvgIpc) is 3.39. The van der Waals surface area contributed by atoms with E-state index < -0.39 is 23.8 Å². The van der Waals surface area contributed by atoms with Crippen molar-refractivity contribution in [3.8, 4) is 0 Å². The highest BCUT2D eigenvalue weighted by Crippen LogP contribution is 2.56. The molecule has 1 aliphatic carbocycles. The van der Waals surface area contributed by atoms with Crippen LogP contribution in [0.4, 0.5) is 0 Å². The van der Waals surface area contributed by atoms with Crippen LogP contribution in [0.15, 0.2) is 36.0 Å². The van der Waals surface area contributed by atoms with Gasteiger partial charge in [0, 0.05) is 25.0 Å². The molecule has 3 rings (SSSR count). The third-order valence-electron chi connectivity index (χ3n) is 6.34. The summed E-state index contributed by atoms with van der Waals surface area (Å²) in [7, 11) is 0. The quantitative estimate of drug-likeness (QED) is 0.211. The summed E-state index contributed by atoms with van der Waals surface area (Å²) < 4.78 is 6.23. The van der Waals surface area contributed by atoms with Crippen LogP contribution in [0.3, 0.4) is 0 Å². The topological polar surface area (TPSA) is 134 Å². The zero-order valence-corrected chi connectivity index (χ0v) is 18.0. The number of aliphatic carboxylic acids is 1. The van der Waals surface area contributed by atoms with E-state index in [0.29, 0.717) is 5.92 Å². The molecule has 2 saturated heterocycles. The normalized spacial score (nSPS) is 30.7. The van der Waals surface area contributed by atoms with Gasteiger partial charge in [0.15, 0.2) is 0 Å². The lowest BCUT2D eigenvalue weighted by atomic mass is 9.81. The number of nitrogens with one attached hydrogen (secondary N) is 2. The lowest BCUT2D eigenvalue weighted by Gasteiger charge is -2.29. The Labute approximate surface area is 183 Å². The zero-order valence-electron chi connectivity index (χ0n) is 18.0. The molecular formula is C23H33N3O5. The maximum atomic E-state index is 12.1. The maximum absolute atomic E-state index is 12.1. The Kier molecular flexibility index (Phi) is 7.67. The third kappa shape index (κ3) is 5.43. The van der Waals surface area contributed by atoms with Crippen LogP contribution >= 0.6 is 0 Å². The predicted molar refractivity (Wildman–Crippen MR) is 116 cm³/mol. The number of piperidine rings is 1. The summed E-state index contributed by atoms with van der Waals surface area (Å²) in [6.07, 6.45) is 15.1. The van der Waals surface area contributed by atoms with Crippen LogP contribution in [0.5, 0.6) is 0 Å². The van der Waals surface area contributed by atoms with Crippen LogP contribution in [0.2, 0.25) is 0 Å². The van der Waals surface area contributed by atoms with Gasteiger partial charge in [-0.25, -0.2) is 4.79 Å². The van der Waals surface area contributed by atoms with Crippen molar-refractivity contribution in [2.45, 2.75) is 75.7 Å². The molecule has 31 heavy (non-hydrogen) atoms. The maximum Gasteiger partial charge on any atom is 0.326 e. The van der Waals surface area contributed by atoms with E-state index in [0.717, 1.165) is 18.5 Å². The van der Waals surface area contributed by atoms with Gasteiger partial charge in [0.1, 0.15) is 11.6 Å². The van der Waals surface area contributed by atoms with Crippen molar-refractivity contribution in [3.05, 3.63) is 36.0 Å². The highest BCUT2D eigenvalue weighted by molar-refractivity contribution is 5.91. The summed E-state index contributed by atoms with van der Waals surface area (Å²) in [6, 6.07) is -0.998. The Bertz CT molecular complexity index is 790. The lowest BCUT2D eigenvalue weighted by molar-refractivity contribution is -0.141. The molecule has 2 heterocycles. The first-order chi connectivity index (χ1) is 14.9. The fourth-order valence-corrected chi connectivity index (χ4v) is 4.64. The second kappa shape index (κ2) is 10.2. The second-order valence-corrected chi connectivity index (χ2v) is 8.57. The Morgan fingerprint density at radius 1 is 1.39 bits per heavy atom. The molecule has 5 N–H and O–H groups in total. The minimum absolute atomic E-state index is 0.0420. The molecule has 2 fully saturated rings. The molecule has 2 aliphatic heterocycles. The number of carboxylic acid groups (broad SMARTS) is 1. The fourth-order valence-electron chi connectivity index (χ4n) is 4.64. The van der Waals surface area contributed by atoms with Gasteiger partial charge in [-0.1, -0.05) is 56.9 Å². The molecule has 170 valence electrons. The van der Waals surface area contributed by atoms with Crippen molar-refractivity contribution in [2.24, 2.45) is 11.7 Å². The fraction of sp³-hybridized carbons (Fsp3) is 0.609. The molecule has 5 atom stereocenters. The van der Waals surface area contributed by atoms with Crippen molar-refractivity contribution in [2.75, 3.05) is 6.54 Å². The summed E-state index contributed by atoms with van der Waals surface area (Å²) >= 11 is 0. The Morgan fingerprint density at radius 2 is 2.19 bits per heavy atom. The smallest absolute Gasteiger partial charge is 0.326 e. The molecule has 2 amide bonds. The van der Waals surface area contributed by atoms with Gasteiger partial charge < -0.3 is 26.2 Å². The number of rotatable bonds is 12. The summed E-state index contributed by atoms with van der Waals surface area (Å²) in [5.41, 5.74) is 5.75. The summed E-state index contributed by atoms with van der Waals surface area (Å²) in [5, 5.41) is 15.2. The largest absolute Gasteiger partial charge is 0.480 e. The molecule has 8 heteroatoms. The van der Waals surface area contributed by atoms with Crippen LogP contribution in [-0.2, 0) is 19.1 Å². The molecule has 4 unspecified atom stereocenters. The number of amides is 2. The van der Waals surface area contributed by atoms with E-state index in [2.05, 4.69) is 23.6 Å². The number of nitrogens with two attached hydrogens (primary N) is 1. The van der Waals surface area contributed by atoms with E-state index in [1.54, 1.807) is 6.08 Å². The van der Waals surface area contributed by atoms with E-state index in [4.69, 9.17) is 10.5 Å². The van der Waals surface area contributed by atoms with Crippen LogP contribution in [-0.4, -0.2) is 53.2 Å². The van der Waals surface area contributed by atoms with Crippen LogP contribution in [0.25, 0.3) is 0 Å². The minimum atomic E-state index is -1.20. The van der Waals surface area contributed by atoms with Crippen LogP contribution < -0.4 is 16.4 Å². The molecule has 0 aromatic heterocycles. The summed E-state index contributed by atoms with van der Waals surface area (Å²) in [5.74, 6) is -1.85. The highest BCUT2D eigenvalue weighted by atomic mass is 16.6. The van der Waals surface area contributed by atoms with Gasteiger partial charge in [0.05, 0.1) is 12.1 Å². The van der Waals surface area contributed by atoms with Crippen LogP contribution in [0, 0.1) is 5.92 Å². The first-order valence-electron chi connectivity index (χ1n) is 11.2. The second-order valence-electron chi connectivity index (χ2n) is 8.57. The van der Waals surface area contributed by atoms with Crippen molar-refractivity contribution in [1.29, 1.82) is 0 Å². The van der Waals surface area contributed by atoms with Gasteiger partial charge >= 0.3 is 5.97 Å². The van der Waals surface area contributed by atoms with Gasteiger partial charge in [-0.05, 0) is 18.4 Å². The van der Waals surface area contributed by atoms with Gasteiger partial charge in [-0.15, -0.1) is 0 Å². The molecule has 3 aliphatic rings. The first kappa shape index (κ1) is 23.2. The number of carbonyl (C=O) groups is 3. The predicted octanol–water partition coefficient (Wildman–Crippen LogP) is 1.57. The highest BCUT2D eigenvalue weighted by Gasteiger charge is 2.68. The number of ether oxygens (including phenoxy) is 1. The molecule has 0 radical (unpaired) electrons. The van der Waals surface area contributed by atoms with E-state index in [1.165, 1.54) is 31.8 Å². The minimum Gasteiger partial charge on any atom is -0.480 e. The molecule has 0 aromatic carbocycles. The van der Waals surface area contributed by atoms with E-state index in [1.807, 2.05) is 12.2 Å². The Morgan fingerprint density at radius 3 is 2.90 bits per heavy atom.